The molecule has 0 bridgehead atoms. The van der Waals surface area contributed by atoms with Gasteiger partial charge in [-0.1, -0.05) is 35.4 Å². The fraction of sp³-hybridized carbons (Fsp3) is 0.385. The lowest BCUT2D eigenvalue weighted by atomic mass is 10.1. The molecule has 0 saturated carbocycles. The van der Waals surface area contributed by atoms with Gasteiger partial charge in [-0.2, -0.15) is 0 Å². The van der Waals surface area contributed by atoms with Crippen LogP contribution < -0.4 is 10.1 Å². The number of para-hydroxylation sites is 1. The molecule has 0 amide bonds. The van der Waals surface area contributed by atoms with Crippen molar-refractivity contribution in [3.8, 4) is 5.75 Å². The highest BCUT2D eigenvalue weighted by Crippen LogP contribution is 2.23. The third-order valence-electron chi connectivity index (χ3n) is 2.68. The third kappa shape index (κ3) is 3.26. The van der Waals surface area contributed by atoms with Crippen molar-refractivity contribution in [3.05, 3.63) is 40.9 Å². The van der Waals surface area contributed by atoms with Gasteiger partial charge in [0, 0.05) is 13.0 Å². The van der Waals surface area contributed by atoms with E-state index in [1.807, 2.05) is 24.3 Å². The number of hydrogen-bond donors (Lipinski definition) is 1. The highest BCUT2D eigenvalue weighted by molar-refractivity contribution is 6.32. The van der Waals surface area contributed by atoms with E-state index in [9.17, 15) is 0 Å². The Kier molecular flexibility index (Phi) is 4.25. The van der Waals surface area contributed by atoms with E-state index in [1.54, 1.807) is 0 Å². The van der Waals surface area contributed by atoms with Crippen molar-refractivity contribution >= 4 is 11.6 Å². The first-order valence-corrected chi connectivity index (χ1v) is 6.00. The molecule has 0 saturated heterocycles. The Bertz CT molecular complexity index is 376. The molecule has 1 aromatic carbocycles. The molecule has 1 aliphatic heterocycles. The Labute approximate surface area is 101 Å². The van der Waals surface area contributed by atoms with Gasteiger partial charge in [-0.3, -0.25) is 0 Å². The zero-order valence-electron chi connectivity index (χ0n) is 9.21. The molecule has 3 heteroatoms. The summed E-state index contributed by atoms with van der Waals surface area (Å²) < 4.78 is 5.65. The van der Waals surface area contributed by atoms with Crippen LogP contribution in [0.2, 0.25) is 5.02 Å². The maximum Gasteiger partial charge on any atom is 0.137 e. The summed E-state index contributed by atoms with van der Waals surface area (Å²) in [5.74, 6) is 0.777. The molecule has 0 spiro atoms. The summed E-state index contributed by atoms with van der Waals surface area (Å²) >= 11 is 6.00. The quantitative estimate of drug-likeness (QED) is 0.813. The molecular weight excluding hydrogens is 222 g/mol. The number of rotatable bonds is 4. The topological polar surface area (TPSA) is 21.3 Å². The molecule has 0 fully saturated rings. The third-order valence-corrected chi connectivity index (χ3v) is 2.99. The second kappa shape index (κ2) is 5.92. The summed E-state index contributed by atoms with van der Waals surface area (Å²) in [5.41, 5.74) is 1.48. The zero-order chi connectivity index (χ0) is 11.2. The molecule has 16 heavy (non-hydrogen) atoms. The van der Waals surface area contributed by atoms with E-state index in [-0.39, 0.29) is 0 Å². The monoisotopic (exact) mass is 237 g/mol. The Hall–Kier alpha value is -0.990. The van der Waals surface area contributed by atoms with Gasteiger partial charge in [-0.25, -0.2) is 0 Å². The van der Waals surface area contributed by atoms with Gasteiger partial charge in [-0.15, -0.1) is 0 Å². The molecule has 2 nitrogen and oxygen atoms in total. The Morgan fingerprint density at radius 3 is 2.94 bits per heavy atom. The number of benzene rings is 1. The maximum atomic E-state index is 6.00. The first kappa shape index (κ1) is 11.5. The predicted octanol–water partition coefficient (Wildman–Crippen LogP) is 3.03. The Morgan fingerprint density at radius 2 is 2.19 bits per heavy atom. The van der Waals surface area contributed by atoms with E-state index in [0.717, 1.165) is 31.7 Å². The second-order valence-electron chi connectivity index (χ2n) is 3.85. The predicted molar refractivity (Wildman–Crippen MR) is 67.1 cm³/mol. The van der Waals surface area contributed by atoms with Crippen LogP contribution in [-0.4, -0.2) is 19.7 Å². The second-order valence-corrected chi connectivity index (χ2v) is 4.25. The van der Waals surface area contributed by atoms with Gasteiger partial charge >= 0.3 is 0 Å². The zero-order valence-corrected chi connectivity index (χ0v) is 9.96. The molecule has 1 aromatic rings. The van der Waals surface area contributed by atoms with Crippen molar-refractivity contribution in [2.24, 2.45) is 0 Å². The van der Waals surface area contributed by atoms with Crippen LogP contribution in [0, 0.1) is 0 Å². The lowest BCUT2D eigenvalue weighted by molar-refractivity contribution is 0.319. The molecule has 0 radical (unpaired) electrons. The summed E-state index contributed by atoms with van der Waals surface area (Å²) in [6.07, 6.45) is 4.37. The van der Waals surface area contributed by atoms with Gasteiger partial charge < -0.3 is 10.1 Å². The smallest absolute Gasteiger partial charge is 0.137 e. The Morgan fingerprint density at radius 1 is 1.31 bits per heavy atom. The average Bonchev–Trinajstić information content (AvgIpc) is 2.33. The van der Waals surface area contributed by atoms with E-state index in [0.29, 0.717) is 11.6 Å². The highest BCUT2D eigenvalue weighted by Gasteiger charge is 2.04. The van der Waals surface area contributed by atoms with Gasteiger partial charge in [0.25, 0.3) is 0 Å². The SMILES string of the molecule is Clc1ccccc1OCCC1=CCNCC1. The molecule has 0 aromatic heterocycles. The lowest BCUT2D eigenvalue weighted by Crippen LogP contribution is -2.21. The van der Waals surface area contributed by atoms with Crippen molar-refractivity contribution in [1.29, 1.82) is 0 Å². The molecule has 1 N–H and O–H groups in total. The standard InChI is InChI=1S/C13H16ClNO/c14-12-3-1-2-4-13(12)16-10-7-11-5-8-15-9-6-11/h1-5,15H,6-10H2. The van der Waals surface area contributed by atoms with E-state index >= 15 is 0 Å². The summed E-state index contributed by atoms with van der Waals surface area (Å²) in [5, 5.41) is 3.98. The first-order valence-electron chi connectivity index (χ1n) is 5.62. The van der Waals surface area contributed by atoms with Crippen LogP contribution in [0.5, 0.6) is 5.75 Å². The van der Waals surface area contributed by atoms with E-state index < -0.39 is 0 Å². The van der Waals surface area contributed by atoms with Crippen LogP contribution in [0.3, 0.4) is 0 Å². The minimum absolute atomic E-state index is 0.682. The average molecular weight is 238 g/mol. The molecule has 1 aliphatic rings. The minimum Gasteiger partial charge on any atom is -0.492 e. The summed E-state index contributed by atoms with van der Waals surface area (Å²) in [6.45, 7) is 2.77. The van der Waals surface area contributed by atoms with Crippen molar-refractivity contribution in [3.63, 3.8) is 0 Å². The summed E-state index contributed by atoms with van der Waals surface area (Å²) in [4.78, 5) is 0. The number of halogens is 1. The first-order chi connectivity index (χ1) is 7.86. The minimum atomic E-state index is 0.682. The number of nitrogens with one attached hydrogen (secondary N) is 1. The molecule has 1 heterocycles. The normalized spacial score (nSPS) is 15.7. The van der Waals surface area contributed by atoms with Gasteiger partial charge in [0.2, 0.25) is 0 Å². The van der Waals surface area contributed by atoms with Crippen LogP contribution in [0.25, 0.3) is 0 Å². The van der Waals surface area contributed by atoms with Gasteiger partial charge in [0.05, 0.1) is 11.6 Å². The van der Waals surface area contributed by atoms with Crippen molar-refractivity contribution < 1.29 is 4.74 Å². The number of hydrogen-bond acceptors (Lipinski definition) is 2. The summed E-state index contributed by atoms with van der Waals surface area (Å²) in [6, 6.07) is 7.59. The van der Waals surface area contributed by atoms with Crippen LogP contribution in [-0.2, 0) is 0 Å². The largest absolute Gasteiger partial charge is 0.492 e. The van der Waals surface area contributed by atoms with Gasteiger partial charge in [0.15, 0.2) is 0 Å². The fourth-order valence-corrected chi connectivity index (χ4v) is 1.94. The van der Waals surface area contributed by atoms with E-state index in [4.69, 9.17) is 16.3 Å². The van der Waals surface area contributed by atoms with Gasteiger partial charge in [-0.05, 0) is 25.1 Å². The lowest BCUT2D eigenvalue weighted by Gasteiger charge is -2.14. The van der Waals surface area contributed by atoms with Crippen molar-refractivity contribution in [2.75, 3.05) is 19.7 Å². The molecule has 86 valence electrons. The van der Waals surface area contributed by atoms with Crippen LogP contribution in [0.4, 0.5) is 0 Å². The molecule has 0 atom stereocenters. The number of ether oxygens (including phenoxy) is 1. The van der Waals surface area contributed by atoms with Crippen LogP contribution in [0.1, 0.15) is 12.8 Å². The highest BCUT2D eigenvalue weighted by atomic mass is 35.5. The Balaban J connectivity index is 1.80. The molecule has 2 rings (SSSR count). The van der Waals surface area contributed by atoms with Crippen molar-refractivity contribution in [2.45, 2.75) is 12.8 Å². The molecule has 0 unspecified atom stereocenters. The fourth-order valence-electron chi connectivity index (χ4n) is 1.75. The van der Waals surface area contributed by atoms with E-state index in [1.165, 1.54) is 5.57 Å². The van der Waals surface area contributed by atoms with E-state index in [2.05, 4.69) is 11.4 Å². The van der Waals surface area contributed by atoms with Gasteiger partial charge in [0.1, 0.15) is 5.75 Å². The van der Waals surface area contributed by atoms with Crippen LogP contribution >= 0.6 is 11.6 Å². The molecule has 0 aliphatic carbocycles. The van der Waals surface area contributed by atoms with Crippen molar-refractivity contribution in [1.82, 2.24) is 5.32 Å². The summed E-state index contributed by atoms with van der Waals surface area (Å²) in [7, 11) is 0. The molecular formula is C13H16ClNO. The van der Waals surface area contributed by atoms with Crippen LogP contribution in [0.15, 0.2) is 35.9 Å². The maximum absolute atomic E-state index is 6.00.